The summed E-state index contributed by atoms with van der Waals surface area (Å²) in [5.74, 6) is 0.469. The van der Waals surface area contributed by atoms with Gasteiger partial charge in [0.2, 0.25) is 0 Å². The van der Waals surface area contributed by atoms with Crippen LogP contribution in [0.4, 0.5) is 11.5 Å². The van der Waals surface area contributed by atoms with Crippen LogP contribution in [-0.2, 0) is 6.54 Å². The van der Waals surface area contributed by atoms with Crippen molar-refractivity contribution in [1.82, 2.24) is 20.3 Å². The van der Waals surface area contributed by atoms with Gasteiger partial charge >= 0.3 is 0 Å². The van der Waals surface area contributed by atoms with Gasteiger partial charge in [0.05, 0.1) is 11.9 Å². The molecule has 30 heavy (non-hydrogen) atoms. The smallest absolute Gasteiger partial charge is 0.268 e. The van der Waals surface area contributed by atoms with Crippen LogP contribution in [-0.4, -0.2) is 20.9 Å². The van der Waals surface area contributed by atoms with Crippen molar-refractivity contribution in [3.05, 3.63) is 94.6 Å². The van der Waals surface area contributed by atoms with Gasteiger partial charge in [0, 0.05) is 40.7 Å². The number of H-pyrrole nitrogens is 1. The number of benzene rings is 1. The van der Waals surface area contributed by atoms with E-state index in [1.54, 1.807) is 43.0 Å². The predicted molar refractivity (Wildman–Crippen MR) is 119 cm³/mol. The monoisotopic (exact) mass is 437 g/mol. The Kier molecular flexibility index (Phi) is 5.97. The van der Waals surface area contributed by atoms with E-state index in [4.69, 9.17) is 23.2 Å². The van der Waals surface area contributed by atoms with Crippen LogP contribution in [0.5, 0.6) is 0 Å². The number of anilines is 2. The first-order valence-corrected chi connectivity index (χ1v) is 9.87. The predicted octanol–water partition coefficient (Wildman–Crippen LogP) is 5.45. The van der Waals surface area contributed by atoms with E-state index < -0.39 is 0 Å². The highest BCUT2D eigenvalue weighted by atomic mass is 35.5. The molecule has 4 rings (SSSR count). The molecule has 0 unspecified atom stereocenters. The van der Waals surface area contributed by atoms with E-state index in [2.05, 4.69) is 25.6 Å². The van der Waals surface area contributed by atoms with Crippen LogP contribution < -0.4 is 10.6 Å². The molecule has 0 aliphatic heterocycles. The summed E-state index contributed by atoms with van der Waals surface area (Å²) in [5.41, 5.74) is 3.87. The van der Waals surface area contributed by atoms with Crippen molar-refractivity contribution < 1.29 is 4.79 Å². The third-order valence-electron chi connectivity index (χ3n) is 4.32. The lowest BCUT2D eigenvalue weighted by molar-refractivity contribution is 0.0946. The lowest BCUT2D eigenvalue weighted by Gasteiger charge is -2.08. The quantitative estimate of drug-likeness (QED) is 0.374. The number of hydrogen-bond acceptors (Lipinski definition) is 4. The zero-order chi connectivity index (χ0) is 20.9. The molecular weight excluding hydrogens is 421 g/mol. The Labute approximate surface area is 183 Å². The summed E-state index contributed by atoms with van der Waals surface area (Å²) in [4.78, 5) is 23.7. The number of hydrogen-bond donors (Lipinski definition) is 3. The number of carbonyl (C=O) groups excluding carboxylic acids is 1. The molecular formula is C22H17Cl2N5O. The lowest BCUT2D eigenvalue weighted by atomic mass is 10.1. The molecule has 3 aromatic heterocycles. The fraction of sp³-hybridized carbons (Fsp3) is 0.0455. The molecule has 0 saturated heterocycles. The first kappa shape index (κ1) is 19.9. The molecule has 0 fully saturated rings. The second-order valence-corrected chi connectivity index (χ2v) is 7.45. The zero-order valence-corrected chi connectivity index (χ0v) is 17.2. The number of nitrogens with one attached hydrogen (secondary N) is 3. The summed E-state index contributed by atoms with van der Waals surface area (Å²) < 4.78 is 0. The maximum atomic E-state index is 12.4. The van der Waals surface area contributed by atoms with Crippen LogP contribution >= 0.6 is 23.2 Å². The highest BCUT2D eigenvalue weighted by molar-refractivity contribution is 6.35. The number of aromatic nitrogens is 3. The number of halogens is 2. The van der Waals surface area contributed by atoms with E-state index in [-0.39, 0.29) is 5.91 Å². The minimum Gasteiger partial charge on any atom is -0.347 e. The molecule has 0 spiro atoms. The number of aromatic amines is 1. The molecule has 3 N–H and O–H groups in total. The van der Waals surface area contributed by atoms with Crippen molar-refractivity contribution in [3.63, 3.8) is 0 Å². The summed E-state index contributed by atoms with van der Waals surface area (Å²) in [7, 11) is 0. The number of carbonyl (C=O) groups is 1. The van der Waals surface area contributed by atoms with Crippen molar-refractivity contribution in [2.24, 2.45) is 0 Å². The number of amides is 1. The third kappa shape index (κ3) is 4.97. The Balaban J connectivity index is 1.44. The van der Waals surface area contributed by atoms with Gasteiger partial charge in [0.1, 0.15) is 11.5 Å². The van der Waals surface area contributed by atoms with Gasteiger partial charge in [-0.15, -0.1) is 0 Å². The molecule has 8 heteroatoms. The van der Waals surface area contributed by atoms with Crippen LogP contribution in [0.2, 0.25) is 10.0 Å². The van der Waals surface area contributed by atoms with Crippen molar-refractivity contribution in [1.29, 1.82) is 0 Å². The summed E-state index contributed by atoms with van der Waals surface area (Å²) in [6.45, 7) is 0.405. The van der Waals surface area contributed by atoms with Gasteiger partial charge < -0.3 is 15.6 Å². The molecule has 0 aliphatic rings. The van der Waals surface area contributed by atoms with Crippen LogP contribution in [0, 0.1) is 0 Å². The highest BCUT2D eigenvalue weighted by Crippen LogP contribution is 2.28. The average Bonchev–Trinajstić information content (AvgIpc) is 3.21. The van der Waals surface area contributed by atoms with E-state index in [1.165, 1.54) is 0 Å². The Morgan fingerprint density at radius 2 is 1.77 bits per heavy atom. The standard InChI is InChI=1S/C22H17Cl2N5O/c23-17-6-15(7-18(24)9-17)16-8-19(13-26-12-16)28-21-4-3-20(29-21)22(30)27-11-14-2-1-5-25-10-14/h1-10,12-13,28-29H,11H2,(H,27,30). The van der Waals surface area contributed by atoms with E-state index >= 15 is 0 Å². The first-order valence-electron chi connectivity index (χ1n) is 9.11. The molecule has 0 atom stereocenters. The van der Waals surface area contributed by atoms with Crippen molar-refractivity contribution in [2.45, 2.75) is 6.54 Å². The molecule has 0 aliphatic carbocycles. The van der Waals surface area contributed by atoms with Crippen molar-refractivity contribution in [2.75, 3.05) is 5.32 Å². The van der Waals surface area contributed by atoms with Gasteiger partial charge in [0.15, 0.2) is 0 Å². The van der Waals surface area contributed by atoms with Gasteiger partial charge in [-0.05, 0) is 53.6 Å². The van der Waals surface area contributed by atoms with Crippen molar-refractivity contribution in [3.8, 4) is 11.1 Å². The fourth-order valence-electron chi connectivity index (χ4n) is 2.92. The van der Waals surface area contributed by atoms with Gasteiger partial charge in [-0.2, -0.15) is 0 Å². The number of pyridine rings is 2. The Bertz CT molecular complexity index is 1160. The maximum absolute atomic E-state index is 12.4. The molecule has 1 aromatic carbocycles. The maximum Gasteiger partial charge on any atom is 0.268 e. The van der Waals surface area contributed by atoms with Crippen molar-refractivity contribution >= 4 is 40.6 Å². The van der Waals surface area contributed by atoms with Gasteiger partial charge in [-0.25, -0.2) is 0 Å². The Morgan fingerprint density at radius 1 is 0.933 bits per heavy atom. The highest BCUT2D eigenvalue weighted by Gasteiger charge is 2.09. The molecule has 1 amide bonds. The Hall–Kier alpha value is -3.35. The fourth-order valence-corrected chi connectivity index (χ4v) is 3.45. The minimum absolute atomic E-state index is 0.202. The van der Waals surface area contributed by atoms with Gasteiger partial charge in [0.25, 0.3) is 5.91 Å². The first-order chi connectivity index (χ1) is 14.6. The molecule has 6 nitrogen and oxygen atoms in total. The second-order valence-electron chi connectivity index (χ2n) is 6.58. The molecule has 0 bridgehead atoms. The van der Waals surface area contributed by atoms with E-state index in [9.17, 15) is 4.79 Å². The second kappa shape index (κ2) is 8.98. The SMILES string of the molecule is O=C(NCc1cccnc1)c1ccc(Nc2cncc(-c3cc(Cl)cc(Cl)c3)c2)[nH]1. The number of nitrogens with zero attached hydrogens (tertiary/aromatic N) is 2. The summed E-state index contributed by atoms with van der Waals surface area (Å²) >= 11 is 12.2. The van der Waals surface area contributed by atoms with Crippen LogP contribution in [0.3, 0.4) is 0 Å². The summed E-state index contributed by atoms with van der Waals surface area (Å²) in [6, 6.07) is 14.5. The third-order valence-corrected chi connectivity index (χ3v) is 4.76. The van der Waals surface area contributed by atoms with E-state index in [0.29, 0.717) is 28.1 Å². The minimum atomic E-state index is -0.202. The lowest BCUT2D eigenvalue weighted by Crippen LogP contribution is -2.23. The molecule has 4 aromatic rings. The van der Waals surface area contributed by atoms with Crippen LogP contribution in [0.1, 0.15) is 16.1 Å². The van der Waals surface area contributed by atoms with Crippen LogP contribution in [0.25, 0.3) is 11.1 Å². The molecule has 3 heterocycles. The summed E-state index contributed by atoms with van der Waals surface area (Å²) in [5, 5.41) is 7.19. The van der Waals surface area contributed by atoms with Gasteiger partial charge in [-0.3, -0.25) is 14.8 Å². The topological polar surface area (TPSA) is 82.7 Å². The molecule has 150 valence electrons. The average molecular weight is 438 g/mol. The van der Waals surface area contributed by atoms with Crippen LogP contribution in [0.15, 0.2) is 73.3 Å². The van der Waals surface area contributed by atoms with E-state index in [1.807, 2.05) is 30.3 Å². The summed E-state index contributed by atoms with van der Waals surface area (Å²) in [6.07, 6.45) is 6.84. The normalized spacial score (nSPS) is 10.6. The Morgan fingerprint density at radius 3 is 2.53 bits per heavy atom. The molecule has 0 radical (unpaired) electrons. The molecule has 0 saturated carbocycles. The van der Waals surface area contributed by atoms with E-state index in [0.717, 1.165) is 22.4 Å². The zero-order valence-electron chi connectivity index (χ0n) is 15.7. The largest absolute Gasteiger partial charge is 0.347 e. The number of rotatable bonds is 6. The van der Waals surface area contributed by atoms with Gasteiger partial charge in [-0.1, -0.05) is 29.3 Å².